The van der Waals surface area contributed by atoms with Crippen molar-refractivity contribution >= 4 is 15.9 Å². The van der Waals surface area contributed by atoms with Gasteiger partial charge in [-0.15, -0.1) is 0 Å². The first-order chi connectivity index (χ1) is 9.78. The Labute approximate surface area is 127 Å². The Hall–Kier alpha value is -1.36. The first kappa shape index (κ1) is 13.6. The minimum atomic E-state index is 0.0531. The minimum absolute atomic E-state index is 0.0531. The molecule has 2 aromatic carbocycles. The summed E-state index contributed by atoms with van der Waals surface area (Å²) >= 11 is 3.50. The Kier molecular flexibility index (Phi) is 4.05. The largest absolute Gasteiger partial charge is 0.493 e. The number of hydrazine groups is 1. The molecule has 3 rings (SSSR count). The Balaban J connectivity index is 1.89. The zero-order valence-corrected chi connectivity index (χ0v) is 12.7. The number of benzene rings is 2. The van der Waals surface area contributed by atoms with Crippen molar-refractivity contribution in [1.29, 1.82) is 0 Å². The molecule has 0 amide bonds. The second-order valence-corrected chi connectivity index (χ2v) is 5.90. The van der Waals surface area contributed by atoms with E-state index in [4.69, 9.17) is 10.6 Å². The topological polar surface area (TPSA) is 47.3 Å². The number of hydrogen-bond donors (Lipinski definition) is 2. The smallest absolute Gasteiger partial charge is 0.127 e. The quantitative estimate of drug-likeness (QED) is 0.668. The molecule has 4 heteroatoms. The third kappa shape index (κ3) is 2.73. The first-order valence-electron chi connectivity index (χ1n) is 6.73. The van der Waals surface area contributed by atoms with Crippen LogP contribution in [0.4, 0.5) is 0 Å². The lowest BCUT2D eigenvalue weighted by Crippen LogP contribution is -2.29. The molecule has 3 N–H and O–H groups in total. The van der Waals surface area contributed by atoms with Crippen LogP contribution < -0.4 is 16.0 Å². The van der Waals surface area contributed by atoms with Crippen molar-refractivity contribution in [1.82, 2.24) is 5.43 Å². The maximum atomic E-state index is 5.77. The van der Waals surface area contributed by atoms with Crippen molar-refractivity contribution < 1.29 is 4.74 Å². The average molecular weight is 333 g/mol. The van der Waals surface area contributed by atoms with Gasteiger partial charge < -0.3 is 4.74 Å². The molecule has 1 aliphatic rings. The van der Waals surface area contributed by atoms with Crippen molar-refractivity contribution in [2.45, 2.75) is 18.9 Å². The van der Waals surface area contributed by atoms with Crippen molar-refractivity contribution in [3.8, 4) is 5.75 Å². The van der Waals surface area contributed by atoms with Crippen LogP contribution in [0.3, 0.4) is 0 Å². The van der Waals surface area contributed by atoms with Gasteiger partial charge in [-0.2, -0.15) is 0 Å². The van der Waals surface area contributed by atoms with Gasteiger partial charge in [0.15, 0.2) is 0 Å². The van der Waals surface area contributed by atoms with Gasteiger partial charge in [-0.25, -0.2) is 0 Å². The molecule has 1 aliphatic heterocycles. The molecule has 1 unspecified atom stereocenters. The van der Waals surface area contributed by atoms with Crippen molar-refractivity contribution in [2.75, 3.05) is 6.61 Å². The zero-order chi connectivity index (χ0) is 13.9. The molecule has 0 aromatic heterocycles. The highest BCUT2D eigenvalue weighted by Gasteiger charge is 2.21. The van der Waals surface area contributed by atoms with Gasteiger partial charge in [0, 0.05) is 16.5 Å². The second kappa shape index (κ2) is 5.95. The van der Waals surface area contributed by atoms with Crippen molar-refractivity contribution in [3.05, 3.63) is 63.6 Å². The Morgan fingerprint density at radius 1 is 1.25 bits per heavy atom. The van der Waals surface area contributed by atoms with Gasteiger partial charge >= 0.3 is 0 Å². The highest BCUT2D eigenvalue weighted by molar-refractivity contribution is 9.10. The minimum Gasteiger partial charge on any atom is -0.493 e. The molecule has 0 fully saturated rings. The second-order valence-electron chi connectivity index (χ2n) is 4.99. The number of para-hydroxylation sites is 1. The molecule has 20 heavy (non-hydrogen) atoms. The number of fused-ring (bicyclic) bond motifs is 1. The number of ether oxygens (including phenoxy) is 1. The summed E-state index contributed by atoms with van der Waals surface area (Å²) in [5.74, 6) is 6.77. The van der Waals surface area contributed by atoms with Gasteiger partial charge in [0.1, 0.15) is 5.75 Å². The van der Waals surface area contributed by atoms with Gasteiger partial charge in [0.2, 0.25) is 0 Å². The van der Waals surface area contributed by atoms with Crippen LogP contribution in [0, 0.1) is 0 Å². The third-order valence-electron chi connectivity index (χ3n) is 3.65. The van der Waals surface area contributed by atoms with E-state index in [9.17, 15) is 0 Å². The van der Waals surface area contributed by atoms with Crippen molar-refractivity contribution in [2.24, 2.45) is 5.84 Å². The monoisotopic (exact) mass is 332 g/mol. The van der Waals surface area contributed by atoms with Crippen LogP contribution in [-0.2, 0) is 12.8 Å². The van der Waals surface area contributed by atoms with E-state index < -0.39 is 0 Å². The Morgan fingerprint density at radius 3 is 2.90 bits per heavy atom. The van der Waals surface area contributed by atoms with Crippen LogP contribution >= 0.6 is 15.9 Å². The van der Waals surface area contributed by atoms with Crippen LogP contribution in [0.5, 0.6) is 5.75 Å². The number of halogens is 1. The molecule has 1 heterocycles. The molecule has 0 aliphatic carbocycles. The fraction of sp³-hybridized carbons (Fsp3) is 0.250. The lowest BCUT2D eigenvalue weighted by atomic mass is 9.96. The first-order valence-corrected chi connectivity index (χ1v) is 7.52. The molecular formula is C16H17BrN2O. The standard InChI is InChI=1S/C16H17BrN2O/c17-13-5-1-3-11(9-13)10-15(19-18)14-6-2-4-12-7-8-20-16(12)14/h1-6,9,15,19H,7-8,10,18H2. The van der Waals surface area contributed by atoms with Crippen LogP contribution in [0.1, 0.15) is 22.7 Å². The summed E-state index contributed by atoms with van der Waals surface area (Å²) in [6, 6.07) is 14.6. The normalized spacial score (nSPS) is 14.7. The molecule has 1 atom stereocenters. The van der Waals surface area contributed by atoms with E-state index in [1.165, 1.54) is 11.1 Å². The van der Waals surface area contributed by atoms with Gasteiger partial charge in [0.25, 0.3) is 0 Å². The molecule has 0 bridgehead atoms. The Bertz CT molecular complexity index is 615. The van der Waals surface area contributed by atoms with Crippen LogP contribution in [-0.4, -0.2) is 6.61 Å². The fourth-order valence-electron chi connectivity index (χ4n) is 2.67. The van der Waals surface area contributed by atoms with Crippen molar-refractivity contribution in [3.63, 3.8) is 0 Å². The summed E-state index contributed by atoms with van der Waals surface area (Å²) in [5, 5.41) is 0. The molecule has 0 saturated carbocycles. The molecule has 0 saturated heterocycles. The van der Waals surface area contributed by atoms with E-state index in [0.29, 0.717) is 0 Å². The highest BCUT2D eigenvalue weighted by Crippen LogP contribution is 2.34. The van der Waals surface area contributed by atoms with E-state index in [1.54, 1.807) is 0 Å². The fourth-order valence-corrected chi connectivity index (χ4v) is 3.12. The van der Waals surface area contributed by atoms with E-state index in [0.717, 1.165) is 35.2 Å². The maximum absolute atomic E-state index is 5.77. The van der Waals surface area contributed by atoms with Crippen LogP contribution in [0.2, 0.25) is 0 Å². The van der Waals surface area contributed by atoms with Gasteiger partial charge in [-0.3, -0.25) is 11.3 Å². The number of nitrogens with two attached hydrogens (primary N) is 1. The highest BCUT2D eigenvalue weighted by atomic mass is 79.9. The third-order valence-corrected chi connectivity index (χ3v) is 4.14. The number of rotatable bonds is 4. The molecule has 0 spiro atoms. The van der Waals surface area contributed by atoms with Gasteiger partial charge in [0.05, 0.1) is 12.6 Å². The molecular weight excluding hydrogens is 316 g/mol. The number of nitrogens with one attached hydrogen (secondary N) is 1. The summed E-state index contributed by atoms with van der Waals surface area (Å²) in [6.07, 6.45) is 1.81. The predicted molar refractivity (Wildman–Crippen MR) is 83.6 cm³/mol. The summed E-state index contributed by atoms with van der Waals surface area (Å²) in [5.41, 5.74) is 6.57. The summed E-state index contributed by atoms with van der Waals surface area (Å²) < 4.78 is 6.85. The van der Waals surface area contributed by atoms with E-state index in [1.807, 2.05) is 12.1 Å². The zero-order valence-electron chi connectivity index (χ0n) is 11.1. The van der Waals surface area contributed by atoms with Crippen LogP contribution in [0.25, 0.3) is 0 Å². The lowest BCUT2D eigenvalue weighted by Gasteiger charge is -2.19. The predicted octanol–water partition coefficient (Wildman–Crippen LogP) is 3.13. The van der Waals surface area contributed by atoms with E-state index in [2.05, 4.69) is 51.7 Å². The van der Waals surface area contributed by atoms with Gasteiger partial charge in [-0.05, 0) is 29.7 Å². The summed E-state index contributed by atoms with van der Waals surface area (Å²) in [6.45, 7) is 0.764. The average Bonchev–Trinajstić information content (AvgIpc) is 2.93. The molecule has 2 aromatic rings. The number of hydrogen-bond acceptors (Lipinski definition) is 3. The van der Waals surface area contributed by atoms with Crippen LogP contribution in [0.15, 0.2) is 46.9 Å². The molecule has 104 valence electrons. The summed E-state index contributed by atoms with van der Waals surface area (Å²) in [7, 11) is 0. The maximum Gasteiger partial charge on any atom is 0.127 e. The van der Waals surface area contributed by atoms with Gasteiger partial charge in [-0.1, -0.05) is 46.3 Å². The lowest BCUT2D eigenvalue weighted by molar-refractivity contribution is 0.348. The Morgan fingerprint density at radius 2 is 2.10 bits per heavy atom. The van der Waals surface area contributed by atoms with E-state index in [-0.39, 0.29) is 6.04 Å². The molecule has 0 radical (unpaired) electrons. The molecule has 3 nitrogen and oxygen atoms in total. The summed E-state index contributed by atoms with van der Waals surface area (Å²) in [4.78, 5) is 0. The van der Waals surface area contributed by atoms with E-state index >= 15 is 0 Å². The SMILES string of the molecule is NNC(Cc1cccc(Br)c1)c1cccc2c1OCC2.